The number of halogens is 1. The number of esters is 1. The zero-order valence-corrected chi connectivity index (χ0v) is 19.4. The number of imide groups is 1. The van der Waals surface area contributed by atoms with Crippen molar-refractivity contribution < 1.29 is 28.6 Å². The Labute approximate surface area is 195 Å². The number of hydrogen-bond acceptors (Lipinski definition) is 7. The van der Waals surface area contributed by atoms with Crippen LogP contribution in [-0.2, 0) is 20.9 Å². The highest BCUT2D eigenvalue weighted by molar-refractivity contribution is 8.18. The molecule has 3 rings (SSSR count). The van der Waals surface area contributed by atoms with E-state index < -0.39 is 5.97 Å². The molecular formula is C23H22ClNO6S. The fourth-order valence-electron chi connectivity index (χ4n) is 3.04. The van der Waals surface area contributed by atoms with Gasteiger partial charge in [0.1, 0.15) is 0 Å². The number of aryl methyl sites for hydroxylation is 1. The molecule has 2 aromatic rings. The lowest BCUT2D eigenvalue weighted by atomic mass is 10.1. The number of benzene rings is 2. The average molecular weight is 476 g/mol. The van der Waals surface area contributed by atoms with Crippen molar-refractivity contribution in [2.24, 2.45) is 0 Å². The molecule has 1 fully saturated rings. The molecule has 1 saturated heterocycles. The predicted molar refractivity (Wildman–Crippen MR) is 123 cm³/mol. The van der Waals surface area contributed by atoms with Crippen LogP contribution in [0.15, 0.2) is 41.3 Å². The van der Waals surface area contributed by atoms with E-state index >= 15 is 0 Å². The van der Waals surface area contributed by atoms with Crippen LogP contribution in [-0.4, -0.2) is 42.3 Å². The Morgan fingerprint density at radius 3 is 2.66 bits per heavy atom. The largest absolute Gasteiger partial charge is 0.493 e. The summed E-state index contributed by atoms with van der Waals surface area (Å²) in [6.45, 7) is 3.76. The molecule has 7 nitrogen and oxygen atoms in total. The van der Waals surface area contributed by atoms with Crippen molar-refractivity contribution in [1.29, 1.82) is 0 Å². The Hall–Kier alpha value is -2.97. The Balaban J connectivity index is 1.81. The number of ether oxygens (including phenoxy) is 3. The highest BCUT2D eigenvalue weighted by atomic mass is 35.5. The zero-order valence-electron chi connectivity index (χ0n) is 17.8. The van der Waals surface area contributed by atoms with E-state index in [1.165, 1.54) is 12.0 Å². The number of carbonyl (C=O) groups excluding carboxylic acids is 3. The van der Waals surface area contributed by atoms with Crippen molar-refractivity contribution in [3.63, 3.8) is 0 Å². The molecule has 1 aliphatic rings. The van der Waals surface area contributed by atoms with Crippen LogP contribution >= 0.6 is 23.4 Å². The van der Waals surface area contributed by atoms with E-state index in [1.807, 2.05) is 31.2 Å². The number of thioether (sulfide) groups is 1. The monoisotopic (exact) mass is 475 g/mol. The number of methoxy groups -OCH3 is 1. The fourth-order valence-corrected chi connectivity index (χ4v) is 4.15. The Bertz CT molecular complexity index is 1080. The molecule has 0 aromatic heterocycles. The van der Waals surface area contributed by atoms with E-state index in [-0.39, 0.29) is 52.3 Å². The van der Waals surface area contributed by atoms with Gasteiger partial charge in [-0.2, -0.15) is 0 Å². The van der Waals surface area contributed by atoms with Gasteiger partial charge in [-0.3, -0.25) is 14.5 Å². The maximum Gasteiger partial charge on any atom is 0.344 e. The van der Waals surface area contributed by atoms with Gasteiger partial charge in [-0.05, 0) is 60.5 Å². The minimum atomic E-state index is -0.531. The number of hydrogen-bond donors (Lipinski definition) is 0. The van der Waals surface area contributed by atoms with Crippen molar-refractivity contribution in [3.8, 4) is 11.5 Å². The highest BCUT2D eigenvalue weighted by Gasteiger charge is 2.35. The van der Waals surface area contributed by atoms with E-state index in [2.05, 4.69) is 0 Å². The summed E-state index contributed by atoms with van der Waals surface area (Å²) in [5, 5.41) is -0.143. The van der Waals surface area contributed by atoms with Crippen molar-refractivity contribution in [3.05, 3.63) is 63.0 Å². The molecule has 0 saturated carbocycles. The second-order valence-electron chi connectivity index (χ2n) is 6.82. The molecule has 1 aliphatic heterocycles. The second-order valence-corrected chi connectivity index (χ2v) is 8.22. The lowest BCUT2D eigenvalue weighted by Crippen LogP contribution is -2.27. The maximum atomic E-state index is 12.9. The van der Waals surface area contributed by atoms with Gasteiger partial charge in [0.15, 0.2) is 18.1 Å². The molecule has 0 bridgehead atoms. The molecule has 0 aliphatic carbocycles. The first-order valence-electron chi connectivity index (χ1n) is 9.79. The maximum absolute atomic E-state index is 12.9. The van der Waals surface area contributed by atoms with E-state index in [1.54, 1.807) is 25.1 Å². The third kappa shape index (κ3) is 5.44. The standard InChI is InChI=1S/C23H22ClNO6S/c1-4-30-20(26)13-31-21-17(24)9-15(10-18(21)29-3)11-19-22(27)25(23(28)32-19)12-16-8-6-5-7-14(16)2/h5-11H,4,12-13H2,1-3H3/b19-11-. The van der Waals surface area contributed by atoms with E-state index in [9.17, 15) is 14.4 Å². The first-order valence-corrected chi connectivity index (χ1v) is 11.0. The molecule has 168 valence electrons. The summed E-state index contributed by atoms with van der Waals surface area (Å²) in [6, 6.07) is 10.8. The summed E-state index contributed by atoms with van der Waals surface area (Å²) in [5.41, 5.74) is 2.46. The normalized spacial score (nSPS) is 14.8. The van der Waals surface area contributed by atoms with Gasteiger partial charge in [0.05, 0.1) is 30.2 Å². The average Bonchev–Trinajstić information content (AvgIpc) is 3.01. The number of nitrogens with zero attached hydrogens (tertiary/aromatic N) is 1. The minimum absolute atomic E-state index is 0.187. The summed E-state index contributed by atoms with van der Waals surface area (Å²) in [6.07, 6.45) is 1.58. The van der Waals surface area contributed by atoms with Crippen LogP contribution in [0.25, 0.3) is 6.08 Å². The fraction of sp³-hybridized carbons (Fsp3) is 0.261. The molecule has 0 unspecified atom stereocenters. The predicted octanol–water partition coefficient (Wildman–Crippen LogP) is 4.84. The molecule has 0 N–H and O–H groups in total. The third-order valence-corrected chi connectivity index (χ3v) is 5.84. The van der Waals surface area contributed by atoms with Gasteiger partial charge in [-0.25, -0.2) is 4.79 Å². The van der Waals surface area contributed by atoms with Crippen LogP contribution in [0.4, 0.5) is 4.79 Å². The van der Waals surface area contributed by atoms with Crippen LogP contribution in [0.2, 0.25) is 5.02 Å². The lowest BCUT2D eigenvalue weighted by molar-refractivity contribution is -0.145. The van der Waals surface area contributed by atoms with Crippen molar-refractivity contribution >= 4 is 46.6 Å². The van der Waals surface area contributed by atoms with Gasteiger partial charge < -0.3 is 14.2 Å². The van der Waals surface area contributed by atoms with Crippen LogP contribution in [0, 0.1) is 6.92 Å². The van der Waals surface area contributed by atoms with Crippen LogP contribution in [0.5, 0.6) is 11.5 Å². The van der Waals surface area contributed by atoms with Gasteiger partial charge >= 0.3 is 5.97 Å². The quantitative estimate of drug-likeness (QED) is 0.399. The molecule has 32 heavy (non-hydrogen) atoms. The summed E-state index contributed by atoms with van der Waals surface area (Å²) < 4.78 is 15.6. The first-order chi connectivity index (χ1) is 15.3. The second kappa shape index (κ2) is 10.6. The molecule has 2 amide bonds. The van der Waals surface area contributed by atoms with Gasteiger partial charge in [0.25, 0.3) is 11.1 Å². The first kappa shape index (κ1) is 23.7. The van der Waals surface area contributed by atoms with Gasteiger partial charge in [-0.15, -0.1) is 0 Å². The van der Waals surface area contributed by atoms with Gasteiger partial charge in [0.2, 0.25) is 0 Å². The topological polar surface area (TPSA) is 82.1 Å². The molecule has 0 spiro atoms. The molecule has 0 atom stereocenters. The van der Waals surface area contributed by atoms with Crippen molar-refractivity contribution in [2.75, 3.05) is 20.3 Å². The van der Waals surface area contributed by atoms with E-state index in [0.29, 0.717) is 5.56 Å². The molecule has 9 heteroatoms. The van der Waals surface area contributed by atoms with Crippen LogP contribution in [0.1, 0.15) is 23.6 Å². The number of rotatable bonds is 8. The van der Waals surface area contributed by atoms with Gasteiger partial charge in [-0.1, -0.05) is 35.9 Å². The lowest BCUT2D eigenvalue weighted by Gasteiger charge is -2.14. The SMILES string of the molecule is CCOC(=O)COc1c(Cl)cc(/C=C2\SC(=O)N(Cc3ccccc3C)C2=O)cc1OC. The Kier molecular flexibility index (Phi) is 7.82. The van der Waals surface area contributed by atoms with E-state index in [0.717, 1.165) is 22.9 Å². The molecule has 2 aromatic carbocycles. The summed E-state index contributed by atoms with van der Waals surface area (Å²) in [5.74, 6) is -0.433. The van der Waals surface area contributed by atoms with Crippen molar-refractivity contribution in [2.45, 2.75) is 20.4 Å². The summed E-state index contributed by atoms with van der Waals surface area (Å²) in [7, 11) is 1.43. The Morgan fingerprint density at radius 1 is 1.22 bits per heavy atom. The highest BCUT2D eigenvalue weighted by Crippen LogP contribution is 2.39. The summed E-state index contributed by atoms with van der Waals surface area (Å²) in [4.78, 5) is 38.4. The zero-order chi connectivity index (χ0) is 23.3. The van der Waals surface area contributed by atoms with E-state index in [4.69, 9.17) is 25.8 Å². The number of amides is 2. The van der Waals surface area contributed by atoms with Gasteiger partial charge in [0, 0.05) is 0 Å². The van der Waals surface area contributed by atoms with Crippen LogP contribution < -0.4 is 9.47 Å². The molecule has 1 heterocycles. The smallest absolute Gasteiger partial charge is 0.344 e. The molecule has 0 radical (unpaired) electrons. The molecular weight excluding hydrogens is 454 g/mol. The van der Waals surface area contributed by atoms with Crippen LogP contribution in [0.3, 0.4) is 0 Å². The number of carbonyl (C=O) groups is 3. The van der Waals surface area contributed by atoms with Crippen molar-refractivity contribution in [1.82, 2.24) is 4.90 Å². The minimum Gasteiger partial charge on any atom is -0.493 e. The Morgan fingerprint density at radius 2 is 1.97 bits per heavy atom. The summed E-state index contributed by atoms with van der Waals surface area (Å²) >= 11 is 7.19. The third-order valence-electron chi connectivity index (χ3n) is 4.65.